The van der Waals surface area contributed by atoms with Crippen LogP contribution in [-0.2, 0) is 23.0 Å². The zero-order valence-corrected chi connectivity index (χ0v) is 21.1. The van der Waals surface area contributed by atoms with E-state index in [0.29, 0.717) is 61.0 Å². The fraction of sp³-hybridized carbons (Fsp3) is 0.500. The van der Waals surface area contributed by atoms with Crippen molar-refractivity contribution >= 4 is 21.1 Å². The molecule has 1 N–H and O–H groups in total. The molecule has 0 saturated carbocycles. The van der Waals surface area contributed by atoms with Gasteiger partial charge in [0.05, 0.1) is 22.5 Å². The molecular formula is C24H33N5O4S. The number of aromatic nitrogens is 3. The molecule has 3 aromatic rings. The molecule has 1 saturated heterocycles. The molecule has 10 heteroatoms. The van der Waals surface area contributed by atoms with Crippen LogP contribution in [0.3, 0.4) is 0 Å². The highest BCUT2D eigenvalue weighted by atomic mass is 32.2. The molecule has 0 unspecified atom stereocenters. The number of rotatable bonds is 8. The Morgan fingerprint density at radius 3 is 2.50 bits per heavy atom. The molecule has 1 fully saturated rings. The maximum atomic E-state index is 13.4. The number of aromatic amines is 1. The van der Waals surface area contributed by atoms with E-state index >= 15 is 0 Å². The monoisotopic (exact) mass is 487 g/mol. The molecule has 0 amide bonds. The third-order valence-electron chi connectivity index (χ3n) is 6.26. The van der Waals surface area contributed by atoms with Gasteiger partial charge in [0, 0.05) is 38.9 Å². The van der Waals surface area contributed by atoms with Crippen molar-refractivity contribution in [2.24, 2.45) is 0 Å². The number of nitrogens with zero attached hydrogens (tertiary/aromatic N) is 4. The number of piperazine rings is 1. The Labute approximate surface area is 200 Å². The highest BCUT2D eigenvalue weighted by Gasteiger charge is 2.29. The summed E-state index contributed by atoms with van der Waals surface area (Å²) in [7, 11) is -1.71. The largest absolute Gasteiger partial charge is 0.493 e. The van der Waals surface area contributed by atoms with E-state index in [1.165, 1.54) is 4.31 Å². The van der Waals surface area contributed by atoms with Crippen LogP contribution < -0.4 is 10.3 Å². The van der Waals surface area contributed by atoms with Gasteiger partial charge in [-0.2, -0.15) is 4.31 Å². The molecule has 3 heterocycles. The van der Waals surface area contributed by atoms with E-state index in [0.717, 1.165) is 24.9 Å². The fourth-order valence-corrected chi connectivity index (χ4v) is 5.84. The Morgan fingerprint density at radius 1 is 1.12 bits per heavy atom. The van der Waals surface area contributed by atoms with Crippen LogP contribution in [-0.4, -0.2) is 72.0 Å². The lowest BCUT2D eigenvalue weighted by Gasteiger charge is -2.31. The summed E-state index contributed by atoms with van der Waals surface area (Å²) in [6, 6.07) is 4.78. The Bertz CT molecular complexity index is 1340. The molecule has 184 valence electrons. The topological polar surface area (TPSA) is 101 Å². The number of nitrogens with one attached hydrogen (secondary N) is 1. The van der Waals surface area contributed by atoms with Crippen LogP contribution >= 0.6 is 0 Å². The standard InChI is InChI=1S/C24H33N5O4S/c1-5-10-28-16-17(6-2)21-23(28)25-22(26-24(21)30)19-15-18(8-9-20(19)33-7-3)34(31,32)29-13-11-27(4)12-14-29/h8-9,15-16H,5-7,10-14H2,1-4H3,(H,25,26,30). The van der Waals surface area contributed by atoms with Crippen LogP contribution in [0.1, 0.15) is 32.8 Å². The highest BCUT2D eigenvalue weighted by Crippen LogP contribution is 2.32. The minimum Gasteiger partial charge on any atom is -0.493 e. The Hall–Kier alpha value is -2.69. The van der Waals surface area contributed by atoms with E-state index in [1.54, 1.807) is 18.2 Å². The lowest BCUT2D eigenvalue weighted by atomic mass is 10.1. The molecule has 1 aliphatic heterocycles. The lowest BCUT2D eigenvalue weighted by molar-refractivity contribution is 0.222. The van der Waals surface area contributed by atoms with Crippen molar-refractivity contribution in [2.75, 3.05) is 39.8 Å². The number of benzene rings is 1. The first-order valence-electron chi connectivity index (χ1n) is 11.9. The Morgan fingerprint density at radius 2 is 1.85 bits per heavy atom. The molecule has 4 rings (SSSR count). The van der Waals surface area contributed by atoms with Crippen molar-refractivity contribution in [3.63, 3.8) is 0 Å². The number of ether oxygens (including phenoxy) is 1. The van der Waals surface area contributed by atoms with Gasteiger partial charge in [0.25, 0.3) is 5.56 Å². The molecule has 34 heavy (non-hydrogen) atoms. The van der Waals surface area contributed by atoms with E-state index in [9.17, 15) is 13.2 Å². The quantitative estimate of drug-likeness (QED) is 0.524. The van der Waals surface area contributed by atoms with Crippen LogP contribution in [0.5, 0.6) is 5.75 Å². The van der Waals surface area contributed by atoms with Crippen LogP contribution in [0, 0.1) is 0 Å². The lowest BCUT2D eigenvalue weighted by Crippen LogP contribution is -2.47. The fourth-order valence-electron chi connectivity index (χ4n) is 4.39. The van der Waals surface area contributed by atoms with Gasteiger partial charge in [-0.15, -0.1) is 0 Å². The van der Waals surface area contributed by atoms with E-state index in [4.69, 9.17) is 9.72 Å². The number of fused-ring (bicyclic) bond motifs is 1. The van der Waals surface area contributed by atoms with Crippen LogP contribution in [0.25, 0.3) is 22.4 Å². The molecule has 0 bridgehead atoms. The second kappa shape index (κ2) is 9.89. The van der Waals surface area contributed by atoms with Gasteiger partial charge < -0.3 is 19.2 Å². The Balaban J connectivity index is 1.86. The molecule has 9 nitrogen and oxygen atoms in total. The summed E-state index contributed by atoms with van der Waals surface area (Å²) in [5, 5.41) is 0.582. The maximum absolute atomic E-state index is 13.4. The van der Waals surface area contributed by atoms with Gasteiger partial charge >= 0.3 is 0 Å². The van der Waals surface area contributed by atoms with Gasteiger partial charge in [0.2, 0.25) is 10.0 Å². The van der Waals surface area contributed by atoms with Gasteiger partial charge in [0.15, 0.2) is 0 Å². The molecule has 1 aromatic carbocycles. The van der Waals surface area contributed by atoms with E-state index in [1.807, 2.05) is 31.7 Å². The maximum Gasteiger partial charge on any atom is 0.260 e. The summed E-state index contributed by atoms with van der Waals surface area (Å²) in [5.41, 5.74) is 1.77. The average Bonchev–Trinajstić information content (AvgIpc) is 3.18. The minimum atomic E-state index is -3.69. The number of hydrogen-bond acceptors (Lipinski definition) is 6. The zero-order chi connectivity index (χ0) is 24.5. The summed E-state index contributed by atoms with van der Waals surface area (Å²) >= 11 is 0. The van der Waals surface area contributed by atoms with Crippen molar-refractivity contribution in [1.82, 2.24) is 23.7 Å². The summed E-state index contributed by atoms with van der Waals surface area (Å²) in [4.78, 5) is 23.1. The minimum absolute atomic E-state index is 0.163. The third-order valence-corrected chi connectivity index (χ3v) is 8.15. The molecule has 0 aliphatic carbocycles. The summed E-state index contributed by atoms with van der Waals surface area (Å²) in [6.07, 6.45) is 3.61. The van der Waals surface area contributed by atoms with Gasteiger partial charge in [0.1, 0.15) is 17.2 Å². The van der Waals surface area contributed by atoms with Gasteiger partial charge in [-0.05, 0) is 50.6 Å². The van der Waals surface area contributed by atoms with Gasteiger partial charge in [-0.25, -0.2) is 13.4 Å². The summed E-state index contributed by atoms with van der Waals surface area (Å²) < 4.78 is 36.0. The number of aryl methyl sites for hydroxylation is 2. The number of H-pyrrole nitrogens is 1. The second-order valence-electron chi connectivity index (χ2n) is 8.61. The molecule has 0 atom stereocenters. The first-order chi connectivity index (χ1) is 16.3. The van der Waals surface area contributed by atoms with E-state index in [-0.39, 0.29) is 10.5 Å². The summed E-state index contributed by atoms with van der Waals surface area (Å²) in [5.74, 6) is 0.779. The normalized spacial score (nSPS) is 15.8. The molecule has 0 radical (unpaired) electrons. The predicted molar refractivity (Wildman–Crippen MR) is 133 cm³/mol. The first kappa shape index (κ1) is 24.4. The van der Waals surface area contributed by atoms with Gasteiger partial charge in [-0.3, -0.25) is 4.79 Å². The number of hydrogen-bond donors (Lipinski definition) is 1. The first-order valence-corrected chi connectivity index (χ1v) is 13.3. The smallest absolute Gasteiger partial charge is 0.260 e. The predicted octanol–water partition coefficient (Wildman–Crippen LogP) is 2.70. The third kappa shape index (κ3) is 4.49. The van der Waals surface area contributed by atoms with Crippen LogP contribution in [0.2, 0.25) is 0 Å². The van der Waals surface area contributed by atoms with E-state index in [2.05, 4.69) is 16.8 Å². The Kier molecular flexibility index (Phi) is 7.11. The van der Waals surface area contributed by atoms with Crippen LogP contribution in [0.4, 0.5) is 0 Å². The molecule has 2 aromatic heterocycles. The van der Waals surface area contributed by atoms with E-state index < -0.39 is 10.0 Å². The van der Waals surface area contributed by atoms with Crippen molar-refractivity contribution in [2.45, 2.75) is 45.1 Å². The molecule has 0 spiro atoms. The molecule has 1 aliphatic rings. The van der Waals surface area contributed by atoms with Gasteiger partial charge in [-0.1, -0.05) is 13.8 Å². The van der Waals surface area contributed by atoms with Crippen LogP contribution in [0.15, 0.2) is 34.1 Å². The SMILES string of the molecule is CCCn1cc(CC)c2c(=O)[nH]c(-c3cc(S(=O)(=O)N4CCN(C)CC4)ccc3OCC)nc21. The number of likely N-dealkylation sites (N-methyl/N-ethyl adjacent to an activating group) is 1. The highest BCUT2D eigenvalue weighted by molar-refractivity contribution is 7.89. The van der Waals surface area contributed by atoms with Crippen molar-refractivity contribution in [3.05, 3.63) is 40.3 Å². The zero-order valence-electron chi connectivity index (χ0n) is 20.3. The summed E-state index contributed by atoms with van der Waals surface area (Å²) in [6.45, 7) is 9.33. The molecular weight excluding hydrogens is 454 g/mol. The van der Waals surface area contributed by atoms with Crippen molar-refractivity contribution < 1.29 is 13.2 Å². The second-order valence-corrected chi connectivity index (χ2v) is 10.6. The van der Waals surface area contributed by atoms with Crippen molar-refractivity contribution in [3.8, 4) is 17.1 Å². The average molecular weight is 488 g/mol. The number of sulfonamides is 1. The van der Waals surface area contributed by atoms with Crippen molar-refractivity contribution in [1.29, 1.82) is 0 Å².